The van der Waals surface area contributed by atoms with Crippen LogP contribution in [-0.4, -0.2) is 35.7 Å². The first kappa shape index (κ1) is 13.6. The van der Waals surface area contributed by atoms with Crippen LogP contribution < -0.4 is 0 Å². The maximum absolute atomic E-state index is 10.7. The normalized spacial score (nSPS) is 30.6. The molecule has 2 rings (SSSR count). The second-order valence-electron chi connectivity index (χ2n) is 6.03. The molecule has 1 saturated carbocycles. The molecule has 3 heteroatoms. The standard InChI is InChI=1S/C15H25NO2/c1-12-4-7-15(8-5-12,16(2)3)14(17)10-13-6-9-18-11-13/h6,9,11-12,14,17H,4-5,7-8,10H2,1-3H3. The topological polar surface area (TPSA) is 36.6 Å². The molecule has 1 unspecified atom stereocenters. The summed E-state index contributed by atoms with van der Waals surface area (Å²) in [5, 5.41) is 10.7. The zero-order valence-corrected chi connectivity index (χ0v) is 11.7. The van der Waals surface area contributed by atoms with Gasteiger partial charge in [0.2, 0.25) is 0 Å². The van der Waals surface area contributed by atoms with Crippen LogP contribution in [0.4, 0.5) is 0 Å². The molecule has 3 nitrogen and oxygen atoms in total. The second kappa shape index (κ2) is 5.45. The van der Waals surface area contributed by atoms with Gasteiger partial charge in [-0.2, -0.15) is 0 Å². The summed E-state index contributed by atoms with van der Waals surface area (Å²) in [4.78, 5) is 2.23. The Morgan fingerprint density at radius 1 is 1.44 bits per heavy atom. The Kier molecular flexibility index (Phi) is 4.13. The van der Waals surface area contributed by atoms with Crippen LogP contribution in [0, 0.1) is 5.92 Å². The molecule has 1 N–H and O–H groups in total. The molecule has 0 spiro atoms. The fourth-order valence-electron chi connectivity index (χ4n) is 3.16. The molecule has 1 aliphatic rings. The predicted molar refractivity (Wildman–Crippen MR) is 72.5 cm³/mol. The first-order valence-corrected chi connectivity index (χ1v) is 6.91. The lowest BCUT2D eigenvalue weighted by molar-refractivity contribution is -0.0382. The van der Waals surface area contributed by atoms with Gasteiger partial charge in [-0.1, -0.05) is 6.92 Å². The van der Waals surface area contributed by atoms with Crippen molar-refractivity contribution in [2.24, 2.45) is 5.92 Å². The van der Waals surface area contributed by atoms with Gasteiger partial charge >= 0.3 is 0 Å². The molecule has 102 valence electrons. The van der Waals surface area contributed by atoms with Crippen molar-refractivity contribution in [2.75, 3.05) is 14.1 Å². The van der Waals surface area contributed by atoms with Crippen LogP contribution in [0.25, 0.3) is 0 Å². The van der Waals surface area contributed by atoms with E-state index in [1.165, 1.54) is 12.8 Å². The summed E-state index contributed by atoms with van der Waals surface area (Å²) in [6.45, 7) is 2.31. The molecule has 1 aromatic rings. The summed E-state index contributed by atoms with van der Waals surface area (Å²) in [6.07, 6.45) is 8.35. The SMILES string of the molecule is CC1CCC(C(O)Cc2ccoc2)(N(C)C)CC1. The van der Waals surface area contributed by atoms with Crippen LogP contribution in [0.15, 0.2) is 23.0 Å². The Morgan fingerprint density at radius 3 is 2.61 bits per heavy atom. The maximum atomic E-state index is 10.7. The van der Waals surface area contributed by atoms with E-state index in [1.807, 2.05) is 6.07 Å². The molecule has 0 aromatic carbocycles. The molecule has 18 heavy (non-hydrogen) atoms. The fraction of sp³-hybridized carbons (Fsp3) is 0.733. The number of likely N-dealkylation sites (N-methyl/N-ethyl adjacent to an activating group) is 1. The minimum absolute atomic E-state index is 0.0657. The number of hydrogen-bond donors (Lipinski definition) is 1. The molecule has 1 aliphatic carbocycles. The molecule has 0 bridgehead atoms. The van der Waals surface area contributed by atoms with E-state index < -0.39 is 0 Å². The Hall–Kier alpha value is -0.800. The van der Waals surface area contributed by atoms with E-state index in [9.17, 15) is 5.11 Å². The van der Waals surface area contributed by atoms with E-state index in [2.05, 4.69) is 25.9 Å². The van der Waals surface area contributed by atoms with Gasteiger partial charge in [-0.15, -0.1) is 0 Å². The summed E-state index contributed by atoms with van der Waals surface area (Å²) >= 11 is 0. The minimum Gasteiger partial charge on any atom is -0.472 e. The van der Waals surface area contributed by atoms with E-state index in [-0.39, 0.29) is 11.6 Å². The van der Waals surface area contributed by atoms with Crippen LogP contribution >= 0.6 is 0 Å². The van der Waals surface area contributed by atoms with Gasteiger partial charge < -0.3 is 14.4 Å². The Bertz CT molecular complexity index is 351. The van der Waals surface area contributed by atoms with Crippen molar-refractivity contribution < 1.29 is 9.52 Å². The number of furan rings is 1. The van der Waals surface area contributed by atoms with Crippen molar-refractivity contribution in [1.29, 1.82) is 0 Å². The van der Waals surface area contributed by atoms with Gasteiger partial charge in [0.15, 0.2) is 0 Å². The molecule has 0 amide bonds. The van der Waals surface area contributed by atoms with Gasteiger partial charge in [0.1, 0.15) is 0 Å². The Labute approximate surface area is 110 Å². The second-order valence-corrected chi connectivity index (χ2v) is 6.03. The smallest absolute Gasteiger partial charge is 0.0935 e. The molecular weight excluding hydrogens is 226 g/mol. The van der Waals surface area contributed by atoms with Gasteiger partial charge in [-0.05, 0) is 57.3 Å². The number of nitrogens with zero attached hydrogens (tertiary/aromatic N) is 1. The Morgan fingerprint density at radius 2 is 2.11 bits per heavy atom. The molecule has 0 aliphatic heterocycles. The average molecular weight is 251 g/mol. The predicted octanol–water partition coefficient (Wildman–Crippen LogP) is 2.69. The van der Waals surface area contributed by atoms with Crippen LogP contribution in [0.3, 0.4) is 0 Å². The van der Waals surface area contributed by atoms with Crippen molar-refractivity contribution >= 4 is 0 Å². The molecule has 0 radical (unpaired) electrons. The zero-order chi connectivity index (χ0) is 13.2. The third kappa shape index (κ3) is 2.62. The third-order valence-corrected chi connectivity index (χ3v) is 4.66. The van der Waals surface area contributed by atoms with Crippen LogP contribution in [0.5, 0.6) is 0 Å². The average Bonchev–Trinajstić information content (AvgIpc) is 2.82. The van der Waals surface area contributed by atoms with Gasteiger partial charge in [0.05, 0.1) is 18.6 Å². The number of aliphatic hydroxyl groups is 1. The van der Waals surface area contributed by atoms with Crippen LogP contribution in [0.2, 0.25) is 0 Å². The van der Waals surface area contributed by atoms with Crippen molar-refractivity contribution in [3.8, 4) is 0 Å². The molecule has 1 fully saturated rings. The fourth-order valence-corrected chi connectivity index (χ4v) is 3.16. The first-order valence-electron chi connectivity index (χ1n) is 6.91. The monoisotopic (exact) mass is 251 g/mol. The summed E-state index contributed by atoms with van der Waals surface area (Å²) < 4.78 is 5.09. The molecule has 1 aromatic heterocycles. The molecule has 0 saturated heterocycles. The number of hydrogen-bond acceptors (Lipinski definition) is 3. The summed E-state index contributed by atoms with van der Waals surface area (Å²) in [7, 11) is 4.18. The van der Waals surface area contributed by atoms with Crippen molar-refractivity contribution in [1.82, 2.24) is 4.90 Å². The highest BCUT2D eigenvalue weighted by Crippen LogP contribution is 2.38. The van der Waals surface area contributed by atoms with E-state index in [1.54, 1.807) is 12.5 Å². The summed E-state index contributed by atoms with van der Waals surface area (Å²) in [5.74, 6) is 0.791. The van der Waals surface area contributed by atoms with Crippen molar-refractivity contribution in [2.45, 2.75) is 50.7 Å². The van der Waals surface area contributed by atoms with E-state index in [0.29, 0.717) is 6.42 Å². The highest BCUT2D eigenvalue weighted by atomic mass is 16.3. The largest absolute Gasteiger partial charge is 0.472 e. The quantitative estimate of drug-likeness (QED) is 0.894. The Balaban J connectivity index is 2.09. The van der Waals surface area contributed by atoms with Gasteiger partial charge in [0.25, 0.3) is 0 Å². The molecule has 1 heterocycles. The molecular formula is C15H25NO2. The molecule has 1 atom stereocenters. The van der Waals surface area contributed by atoms with E-state index in [4.69, 9.17) is 4.42 Å². The highest BCUT2D eigenvalue weighted by molar-refractivity contribution is 5.10. The highest BCUT2D eigenvalue weighted by Gasteiger charge is 2.42. The lowest BCUT2D eigenvalue weighted by Gasteiger charge is -2.47. The van der Waals surface area contributed by atoms with Gasteiger partial charge in [0, 0.05) is 12.0 Å². The third-order valence-electron chi connectivity index (χ3n) is 4.66. The van der Waals surface area contributed by atoms with E-state index in [0.717, 1.165) is 24.3 Å². The minimum atomic E-state index is -0.322. The van der Waals surface area contributed by atoms with Crippen LogP contribution in [-0.2, 0) is 6.42 Å². The summed E-state index contributed by atoms with van der Waals surface area (Å²) in [6, 6.07) is 1.94. The maximum Gasteiger partial charge on any atom is 0.0935 e. The lowest BCUT2D eigenvalue weighted by Crippen LogP contribution is -2.56. The first-order chi connectivity index (χ1) is 8.54. The number of rotatable bonds is 4. The van der Waals surface area contributed by atoms with E-state index >= 15 is 0 Å². The van der Waals surface area contributed by atoms with Gasteiger partial charge in [-0.25, -0.2) is 0 Å². The van der Waals surface area contributed by atoms with Gasteiger partial charge in [-0.3, -0.25) is 0 Å². The summed E-state index contributed by atoms with van der Waals surface area (Å²) in [5.41, 5.74) is 1.02. The number of aliphatic hydroxyl groups excluding tert-OH is 1. The lowest BCUT2D eigenvalue weighted by atomic mass is 9.72. The zero-order valence-electron chi connectivity index (χ0n) is 11.7. The van der Waals surface area contributed by atoms with Crippen LogP contribution in [0.1, 0.15) is 38.2 Å². The van der Waals surface area contributed by atoms with Crippen molar-refractivity contribution in [3.05, 3.63) is 24.2 Å². The van der Waals surface area contributed by atoms with Crippen molar-refractivity contribution in [3.63, 3.8) is 0 Å².